The largest absolute Gasteiger partial charge is 0.729 e. The van der Waals surface area contributed by atoms with Crippen LogP contribution in [0.5, 0.6) is 0 Å². The number of benzene rings is 1. The summed E-state index contributed by atoms with van der Waals surface area (Å²) in [6.07, 6.45) is 0. The molecule has 0 saturated carbocycles. The summed E-state index contributed by atoms with van der Waals surface area (Å²) < 4.78 is 0.152. The van der Waals surface area contributed by atoms with Crippen LogP contribution in [-0.4, -0.2) is 14.1 Å². The lowest BCUT2D eigenvalue weighted by Gasteiger charge is -2.23. The highest BCUT2D eigenvalue weighted by atomic mass is 17.0. The zero-order valence-electron chi connectivity index (χ0n) is 7.02. The van der Waals surface area contributed by atoms with Crippen molar-refractivity contribution in [2.75, 3.05) is 19.3 Å². The number of hydrogen-bond acceptors (Lipinski definition) is 3. The molecular formula is C8H10N2O2. The summed E-state index contributed by atoms with van der Waals surface area (Å²) in [6, 6.07) is 7.34. The summed E-state index contributed by atoms with van der Waals surface area (Å²) >= 11 is 0. The van der Waals surface area contributed by atoms with Crippen molar-refractivity contribution in [2.45, 2.75) is 0 Å². The first-order valence-corrected chi connectivity index (χ1v) is 3.72. The first kappa shape index (κ1) is 7.54. The lowest BCUT2D eigenvalue weighted by atomic mass is 10.2. The number of nitrogens with zero attached hydrogens (tertiary/aromatic N) is 2. The summed E-state index contributed by atoms with van der Waals surface area (Å²) in [4.78, 5) is 5.03. The molecule has 2 rings (SSSR count). The maximum atomic E-state index is 11.2. The quantitative estimate of drug-likeness (QED) is 0.547. The second-order valence-corrected chi connectivity index (χ2v) is 3.18. The van der Waals surface area contributed by atoms with E-state index in [1.165, 1.54) is 0 Å². The molecule has 0 aliphatic carbocycles. The van der Waals surface area contributed by atoms with Crippen molar-refractivity contribution in [3.8, 4) is 0 Å². The molecule has 0 fully saturated rings. The van der Waals surface area contributed by atoms with Gasteiger partial charge in [0.25, 0.3) is 0 Å². The van der Waals surface area contributed by atoms with Crippen LogP contribution in [0.2, 0.25) is 0 Å². The van der Waals surface area contributed by atoms with Crippen molar-refractivity contribution < 1.29 is 4.94 Å². The third kappa shape index (κ3) is 0.896. The SMILES string of the molecule is C[N+]1(C)ON([O-])c2ccccc21. The van der Waals surface area contributed by atoms with Crippen molar-refractivity contribution in [1.82, 2.24) is 4.65 Å². The molecule has 0 radical (unpaired) electrons. The third-order valence-corrected chi connectivity index (χ3v) is 1.94. The summed E-state index contributed by atoms with van der Waals surface area (Å²) in [5, 5.41) is 11.7. The Morgan fingerprint density at radius 2 is 2.00 bits per heavy atom. The Kier molecular flexibility index (Phi) is 1.38. The predicted octanol–water partition coefficient (Wildman–Crippen LogP) is 1.42. The topological polar surface area (TPSA) is 35.5 Å². The molecule has 0 spiro atoms. The molecule has 1 aliphatic rings. The number of hydrogen-bond donors (Lipinski definition) is 0. The highest BCUT2D eigenvalue weighted by Gasteiger charge is 2.34. The zero-order chi connectivity index (χ0) is 8.77. The Labute approximate surface area is 70.7 Å². The van der Waals surface area contributed by atoms with E-state index in [4.69, 9.17) is 4.94 Å². The number of quaternary nitrogens is 1. The maximum absolute atomic E-state index is 11.2. The standard InChI is InChI=1S/C8H10N2O2/c1-10(2)8-6-4-3-5-7(8)9(11)12-10/h3-6H,1-2H3. The van der Waals surface area contributed by atoms with Gasteiger partial charge in [-0.25, -0.2) is 0 Å². The Morgan fingerprint density at radius 1 is 1.33 bits per heavy atom. The Balaban J connectivity index is 2.58. The Hall–Kier alpha value is -1.10. The maximum Gasteiger partial charge on any atom is 0.192 e. The van der Waals surface area contributed by atoms with Gasteiger partial charge in [-0.1, -0.05) is 17.1 Å². The molecule has 0 aromatic heterocycles. The fraction of sp³-hybridized carbons (Fsp3) is 0.250. The number of hydroxylamine groups is 2. The number of rotatable bonds is 0. The smallest absolute Gasteiger partial charge is 0.192 e. The normalized spacial score (nSPS) is 19.4. The van der Waals surface area contributed by atoms with Crippen molar-refractivity contribution in [1.29, 1.82) is 0 Å². The first-order chi connectivity index (χ1) is 5.61. The minimum Gasteiger partial charge on any atom is -0.729 e. The van der Waals surface area contributed by atoms with Crippen LogP contribution in [-0.2, 0) is 4.94 Å². The van der Waals surface area contributed by atoms with E-state index in [0.29, 0.717) is 10.9 Å². The molecule has 4 heteroatoms. The molecule has 64 valence electrons. The molecular weight excluding hydrogens is 156 g/mol. The molecule has 0 saturated heterocycles. The van der Waals surface area contributed by atoms with Gasteiger partial charge in [-0.05, 0) is 6.07 Å². The average Bonchev–Trinajstić information content (AvgIpc) is 2.25. The second-order valence-electron chi connectivity index (χ2n) is 3.18. The van der Waals surface area contributed by atoms with Crippen molar-refractivity contribution in [2.24, 2.45) is 0 Å². The zero-order valence-corrected chi connectivity index (χ0v) is 7.02. The Morgan fingerprint density at radius 3 is 2.67 bits per heavy atom. The van der Waals surface area contributed by atoms with Crippen LogP contribution in [0.15, 0.2) is 24.3 Å². The third-order valence-electron chi connectivity index (χ3n) is 1.94. The minimum atomic E-state index is 0.152. The lowest BCUT2D eigenvalue weighted by molar-refractivity contribution is -0.0939. The molecule has 1 heterocycles. The van der Waals surface area contributed by atoms with Crippen molar-refractivity contribution in [3.05, 3.63) is 29.5 Å². The van der Waals surface area contributed by atoms with Crippen LogP contribution in [0.1, 0.15) is 0 Å². The van der Waals surface area contributed by atoms with Gasteiger partial charge in [-0.15, -0.1) is 4.65 Å². The summed E-state index contributed by atoms with van der Waals surface area (Å²) in [7, 11) is 3.63. The van der Waals surface area contributed by atoms with Gasteiger partial charge in [0.1, 0.15) is 19.8 Å². The minimum absolute atomic E-state index is 0.152. The van der Waals surface area contributed by atoms with Gasteiger partial charge < -0.3 is 5.21 Å². The fourth-order valence-electron chi connectivity index (χ4n) is 1.35. The number of anilines is 1. The molecule has 1 aliphatic heterocycles. The number of para-hydroxylation sites is 2. The van der Waals surface area contributed by atoms with E-state index >= 15 is 0 Å². The van der Waals surface area contributed by atoms with E-state index in [1.807, 2.05) is 32.3 Å². The molecule has 4 nitrogen and oxygen atoms in total. The summed E-state index contributed by atoms with van der Waals surface area (Å²) in [5.41, 5.74) is 1.47. The number of fused-ring (bicyclic) bond motifs is 1. The molecule has 0 atom stereocenters. The molecule has 1 aromatic carbocycles. The van der Waals surface area contributed by atoms with Crippen LogP contribution in [0.3, 0.4) is 0 Å². The van der Waals surface area contributed by atoms with Crippen molar-refractivity contribution >= 4 is 11.4 Å². The van der Waals surface area contributed by atoms with Gasteiger partial charge in [-0.3, -0.25) is 5.23 Å². The van der Waals surface area contributed by atoms with Crippen molar-refractivity contribution in [3.63, 3.8) is 0 Å². The Bertz CT molecular complexity index is 312. The van der Waals surface area contributed by atoms with E-state index in [-0.39, 0.29) is 4.65 Å². The van der Waals surface area contributed by atoms with Gasteiger partial charge in [-0.2, -0.15) is 0 Å². The van der Waals surface area contributed by atoms with Gasteiger partial charge >= 0.3 is 0 Å². The highest BCUT2D eigenvalue weighted by Crippen LogP contribution is 2.38. The van der Waals surface area contributed by atoms with Gasteiger partial charge in [0.15, 0.2) is 5.69 Å². The van der Waals surface area contributed by atoms with E-state index in [0.717, 1.165) is 5.69 Å². The second kappa shape index (κ2) is 2.20. The van der Waals surface area contributed by atoms with Crippen LogP contribution < -0.4 is 9.87 Å². The van der Waals surface area contributed by atoms with Crippen LogP contribution in [0, 0.1) is 5.21 Å². The highest BCUT2D eigenvalue weighted by molar-refractivity contribution is 5.69. The first-order valence-electron chi connectivity index (χ1n) is 3.72. The van der Waals surface area contributed by atoms with Crippen LogP contribution in [0.4, 0.5) is 11.4 Å². The van der Waals surface area contributed by atoms with E-state index in [9.17, 15) is 5.21 Å². The van der Waals surface area contributed by atoms with Crippen LogP contribution in [0.25, 0.3) is 0 Å². The van der Waals surface area contributed by atoms with E-state index < -0.39 is 0 Å². The van der Waals surface area contributed by atoms with Gasteiger partial charge in [0, 0.05) is 6.07 Å². The molecule has 0 N–H and O–H groups in total. The summed E-state index contributed by atoms with van der Waals surface area (Å²) in [5.74, 6) is 0. The van der Waals surface area contributed by atoms with Crippen LogP contribution >= 0.6 is 0 Å². The van der Waals surface area contributed by atoms with E-state index in [2.05, 4.69) is 0 Å². The average molecular weight is 166 g/mol. The fourth-order valence-corrected chi connectivity index (χ4v) is 1.35. The molecule has 1 aromatic rings. The van der Waals surface area contributed by atoms with E-state index in [1.54, 1.807) is 6.07 Å². The van der Waals surface area contributed by atoms with Gasteiger partial charge in [0.2, 0.25) is 0 Å². The lowest BCUT2D eigenvalue weighted by Crippen LogP contribution is -2.39. The molecule has 12 heavy (non-hydrogen) atoms. The molecule has 0 unspecified atom stereocenters. The molecule has 0 bridgehead atoms. The summed E-state index contributed by atoms with van der Waals surface area (Å²) in [6.45, 7) is 0. The monoisotopic (exact) mass is 166 g/mol. The predicted molar refractivity (Wildman–Crippen MR) is 47.0 cm³/mol. The molecule has 0 amide bonds. The van der Waals surface area contributed by atoms with Gasteiger partial charge in [0.05, 0.1) is 0 Å².